The van der Waals surface area contributed by atoms with Crippen LogP contribution in [0, 0.1) is 6.92 Å². The van der Waals surface area contributed by atoms with Crippen molar-refractivity contribution >= 4 is 17.9 Å². The summed E-state index contributed by atoms with van der Waals surface area (Å²) in [5.74, 6) is -0.514. The lowest BCUT2D eigenvalue weighted by Crippen LogP contribution is -2.56. The van der Waals surface area contributed by atoms with E-state index in [2.05, 4.69) is 28.9 Å². The van der Waals surface area contributed by atoms with Gasteiger partial charge in [-0.25, -0.2) is 0 Å². The molecule has 0 aliphatic carbocycles. The van der Waals surface area contributed by atoms with E-state index in [1.54, 1.807) is 4.90 Å². The zero-order valence-corrected chi connectivity index (χ0v) is 29.5. The normalized spacial score (nSPS) is 14.5. The van der Waals surface area contributed by atoms with E-state index in [0.29, 0.717) is 44.7 Å². The number of hydrogen-bond donors (Lipinski definition) is 0. The summed E-state index contributed by atoms with van der Waals surface area (Å²) >= 11 is 0. The smallest absolute Gasteiger partial charge is 0.338 e. The molecule has 5 rings (SSSR count). The fraction of sp³-hybridized carbons (Fsp3) is 0.357. The van der Waals surface area contributed by atoms with Crippen LogP contribution in [0.5, 0.6) is 0 Å². The van der Waals surface area contributed by atoms with E-state index < -0.39 is 17.8 Å². The summed E-state index contributed by atoms with van der Waals surface area (Å²) in [6.07, 6.45) is 3.14. The van der Waals surface area contributed by atoms with Gasteiger partial charge in [0.25, 0.3) is 0 Å². The minimum atomic E-state index is -4.45. The predicted molar refractivity (Wildman–Crippen MR) is 195 cm³/mol. The van der Waals surface area contributed by atoms with Crippen molar-refractivity contribution in [2.75, 3.05) is 26.2 Å². The monoisotopic (exact) mass is 696 g/mol. The standard InChI is InChI=1S/C42H47F3N4O2/c1-3-4-6-11-33-15-17-36(18-16-33)30-49(40(50)24-21-34-19-22-37(23-20-34)42(43,44)45)39(29-35-12-7-5-8-13-35)41(51)48-27-25-47(26-28-48)31-38-14-9-10-32(2)46-38/h5,7-10,12-24,39H,3-4,6,11,25-31H2,1-2H3/b24-21+/t39-/m0/s1. The SMILES string of the molecule is CCCCCc1ccc(CN(C(=O)/C=C/c2ccc(C(F)(F)F)cc2)[C@@H](Cc2ccccc2)C(=O)N2CCN(Cc3cccc(C)n3)CC2)cc1. The second-order valence-electron chi connectivity index (χ2n) is 13.3. The number of pyridine rings is 1. The first-order valence-corrected chi connectivity index (χ1v) is 17.8. The lowest BCUT2D eigenvalue weighted by molar-refractivity contribution is -0.145. The average Bonchev–Trinajstić information content (AvgIpc) is 3.13. The molecule has 9 heteroatoms. The summed E-state index contributed by atoms with van der Waals surface area (Å²) < 4.78 is 39.5. The number of halogens is 3. The Kier molecular flexibility index (Phi) is 13.2. The predicted octanol–water partition coefficient (Wildman–Crippen LogP) is 8.14. The number of carbonyl (C=O) groups excluding carboxylic acids is 2. The molecule has 0 unspecified atom stereocenters. The summed E-state index contributed by atoms with van der Waals surface area (Å²) in [6, 6.07) is 27.7. The van der Waals surface area contributed by atoms with Crippen LogP contribution < -0.4 is 0 Å². The summed E-state index contributed by atoms with van der Waals surface area (Å²) in [5.41, 5.74) is 4.70. The van der Waals surface area contributed by atoms with Crippen LogP contribution in [0.3, 0.4) is 0 Å². The van der Waals surface area contributed by atoms with Crippen molar-refractivity contribution in [1.82, 2.24) is 19.7 Å². The van der Waals surface area contributed by atoms with Crippen molar-refractivity contribution in [1.29, 1.82) is 0 Å². The molecule has 0 spiro atoms. The highest BCUT2D eigenvalue weighted by molar-refractivity contribution is 5.95. The molecule has 3 aromatic carbocycles. The van der Waals surface area contributed by atoms with E-state index in [-0.39, 0.29) is 18.4 Å². The lowest BCUT2D eigenvalue weighted by atomic mass is 10.0. The Bertz CT molecular complexity index is 1730. The number of benzene rings is 3. The number of alkyl halides is 3. The van der Waals surface area contributed by atoms with Gasteiger partial charge in [0, 0.05) is 57.5 Å². The third-order valence-corrected chi connectivity index (χ3v) is 9.33. The molecule has 0 bridgehead atoms. The largest absolute Gasteiger partial charge is 0.416 e. The van der Waals surface area contributed by atoms with Gasteiger partial charge < -0.3 is 9.80 Å². The van der Waals surface area contributed by atoms with Gasteiger partial charge in [-0.15, -0.1) is 0 Å². The first kappa shape index (κ1) is 37.5. The first-order chi connectivity index (χ1) is 24.6. The Hall–Kier alpha value is -4.76. The van der Waals surface area contributed by atoms with Gasteiger partial charge >= 0.3 is 6.18 Å². The number of nitrogens with zero attached hydrogens (tertiary/aromatic N) is 4. The number of unbranched alkanes of at least 4 members (excludes halogenated alkanes) is 2. The van der Waals surface area contributed by atoms with Crippen molar-refractivity contribution in [3.8, 4) is 0 Å². The Morgan fingerprint density at radius 2 is 1.51 bits per heavy atom. The molecule has 51 heavy (non-hydrogen) atoms. The Morgan fingerprint density at radius 3 is 2.16 bits per heavy atom. The number of aromatic nitrogens is 1. The van der Waals surface area contributed by atoms with Crippen LogP contribution in [0.2, 0.25) is 0 Å². The minimum absolute atomic E-state index is 0.125. The highest BCUT2D eigenvalue weighted by Crippen LogP contribution is 2.29. The zero-order chi connectivity index (χ0) is 36.2. The van der Waals surface area contributed by atoms with Crippen molar-refractivity contribution < 1.29 is 22.8 Å². The van der Waals surface area contributed by atoms with Crippen molar-refractivity contribution in [3.05, 3.63) is 142 Å². The van der Waals surface area contributed by atoms with Crippen LogP contribution in [0.1, 0.15) is 65.4 Å². The van der Waals surface area contributed by atoms with Gasteiger partial charge in [0.2, 0.25) is 11.8 Å². The second-order valence-corrected chi connectivity index (χ2v) is 13.3. The molecule has 1 aliphatic rings. The fourth-order valence-electron chi connectivity index (χ4n) is 6.40. The lowest BCUT2D eigenvalue weighted by Gasteiger charge is -2.39. The molecule has 4 aromatic rings. The van der Waals surface area contributed by atoms with Gasteiger partial charge in [-0.2, -0.15) is 13.2 Å². The summed E-state index contributed by atoms with van der Waals surface area (Å²) in [5, 5.41) is 0. The van der Waals surface area contributed by atoms with Crippen LogP contribution in [0.15, 0.2) is 103 Å². The Morgan fingerprint density at radius 1 is 0.824 bits per heavy atom. The third-order valence-electron chi connectivity index (χ3n) is 9.33. The van der Waals surface area contributed by atoms with Crippen molar-refractivity contribution in [2.45, 2.75) is 71.3 Å². The van der Waals surface area contributed by atoms with Crippen LogP contribution in [0.4, 0.5) is 13.2 Å². The quantitative estimate of drug-likeness (QED) is 0.0987. The summed E-state index contributed by atoms with van der Waals surface area (Å²) in [7, 11) is 0. The van der Waals surface area contributed by atoms with Gasteiger partial charge in [0.1, 0.15) is 6.04 Å². The zero-order valence-electron chi connectivity index (χ0n) is 29.5. The van der Waals surface area contributed by atoms with Crippen molar-refractivity contribution in [2.24, 2.45) is 0 Å². The molecule has 0 radical (unpaired) electrons. The molecule has 6 nitrogen and oxygen atoms in total. The van der Waals surface area contributed by atoms with E-state index in [1.165, 1.54) is 29.8 Å². The van der Waals surface area contributed by atoms with Gasteiger partial charge in [-0.05, 0) is 72.4 Å². The fourth-order valence-corrected chi connectivity index (χ4v) is 6.40. The van der Waals surface area contributed by atoms with Gasteiger partial charge in [0.05, 0.1) is 11.3 Å². The van der Waals surface area contributed by atoms with Crippen LogP contribution >= 0.6 is 0 Å². The number of amides is 2. The molecule has 1 aliphatic heterocycles. The molecule has 2 heterocycles. The number of piperazine rings is 1. The van der Waals surface area contributed by atoms with Gasteiger partial charge in [-0.3, -0.25) is 19.5 Å². The Balaban J connectivity index is 1.40. The maximum absolute atomic E-state index is 14.5. The molecule has 2 amide bonds. The molecule has 1 fully saturated rings. The number of carbonyl (C=O) groups is 2. The second kappa shape index (κ2) is 17.9. The number of aryl methyl sites for hydroxylation is 2. The molecule has 0 saturated carbocycles. The molecule has 268 valence electrons. The highest BCUT2D eigenvalue weighted by atomic mass is 19.4. The van der Waals surface area contributed by atoms with Gasteiger partial charge in [-0.1, -0.05) is 92.6 Å². The topological polar surface area (TPSA) is 56.8 Å². The van der Waals surface area contributed by atoms with Gasteiger partial charge in [0.15, 0.2) is 0 Å². The van der Waals surface area contributed by atoms with E-state index in [1.807, 2.05) is 72.5 Å². The van der Waals surface area contributed by atoms with E-state index in [4.69, 9.17) is 0 Å². The molecule has 1 aromatic heterocycles. The van der Waals surface area contributed by atoms with E-state index in [9.17, 15) is 22.8 Å². The van der Waals surface area contributed by atoms with Crippen molar-refractivity contribution in [3.63, 3.8) is 0 Å². The van der Waals surface area contributed by atoms with E-state index in [0.717, 1.165) is 60.3 Å². The van der Waals surface area contributed by atoms with Crippen LogP contribution in [-0.2, 0) is 41.7 Å². The third kappa shape index (κ3) is 11.1. The molecule has 1 saturated heterocycles. The molecule has 1 atom stereocenters. The highest BCUT2D eigenvalue weighted by Gasteiger charge is 2.34. The van der Waals surface area contributed by atoms with Crippen LogP contribution in [0.25, 0.3) is 6.08 Å². The maximum Gasteiger partial charge on any atom is 0.416 e. The minimum Gasteiger partial charge on any atom is -0.338 e. The first-order valence-electron chi connectivity index (χ1n) is 17.8. The summed E-state index contributed by atoms with van der Waals surface area (Å²) in [4.78, 5) is 39.1. The van der Waals surface area contributed by atoms with Crippen LogP contribution in [-0.4, -0.2) is 63.7 Å². The molecular formula is C42H47F3N4O2. The number of rotatable bonds is 14. The number of hydrogen-bond acceptors (Lipinski definition) is 4. The maximum atomic E-state index is 14.5. The molecule has 0 N–H and O–H groups in total. The summed E-state index contributed by atoms with van der Waals surface area (Å²) in [6.45, 7) is 7.45. The van der Waals surface area contributed by atoms with E-state index >= 15 is 0 Å². The Labute approximate surface area is 299 Å². The molecular weight excluding hydrogens is 649 g/mol. The average molecular weight is 697 g/mol.